The topological polar surface area (TPSA) is 49.6 Å². The van der Waals surface area contributed by atoms with E-state index in [1.807, 2.05) is 53.4 Å². The monoisotopic (exact) mass is 375 g/mol. The SMILES string of the molecule is O=C(c1ccc2noc(-c3ccccc3)c2c1)N1CCN(C2CCCC2)CC1. The van der Waals surface area contributed by atoms with Crippen LogP contribution in [0.15, 0.2) is 53.1 Å². The van der Waals surface area contributed by atoms with Gasteiger partial charge in [0, 0.05) is 43.3 Å². The van der Waals surface area contributed by atoms with E-state index in [1.54, 1.807) is 0 Å². The zero-order valence-corrected chi connectivity index (χ0v) is 16.0. The molecule has 1 aliphatic carbocycles. The molecule has 2 fully saturated rings. The zero-order chi connectivity index (χ0) is 18.9. The van der Waals surface area contributed by atoms with Gasteiger partial charge in [-0.25, -0.2) is 0 Å². The Balaban J connectivity index is 1.35. The van der Waals surface area contributed by atoms with Crippen LogP contribution in [0.25, 0.3) is 22.2 Å². The lowest BCUT2D eigenvalue weighted by molar-refractivity contribution is 0.0573. The largest absolute Gasteiger partial charge is 0.355 e. The maximum atomic E-state index is 13.1. The van der Waals surface area contributed by atoms with E-state index in [-0.39, 0.29) is 5.91 Å². The van der Waals surface area contributed by atoms with Gasteiger partial charge in [-0.05, 0) is 31.0 Å². The molecular formula is C23H25N3O2. The number of benzene rings is 2. The fraction of sp³-hybridized carbons (Fsp3) is 0.391. The molecule has 2 heterocycles. The Hall–Kier alpha value is -2.66. The number of hydrogen-bond donors (Lipinski definition) is 0. The summed E-state index contributed by atoms with van der Waals surface area (Å²) in [7, 11) is 0. The number of nitrogens with zero attached hydrogens (tertiary/aromatic N) is 3. The van der Waals surface area contributed by atoms with Crippen molar-refractivity contribution >= 4 is 16.8 Å². The molecule has 2 aliphatic rings. The third kappa shape index (κ3) is 3.20. The summed E-state index contributed by atoms with van der Waals surface area (Å²) >= 11 is 0. The molecule has 0 unspecified atom stereocenters. The van der Waals surface area contributed by atoms with Crippen molar-refractivity contribution in [2.75, 3.05) is 26.2 Å². The fourth-order valence-corrected chi connectivity index (χ4v) is 4.61. The van der Waals surface area contributed by atoms with Gasteiger partial charge in [0.2, 0.25) is 0 Å². The van der Waals surface area contributed by atoms with Gasteiger partial charge in [-0.15, -0.1) is 0 Å². The second-order valence-corrected chi connectivity index (χ2v) is 7.88. The van der Waals surface area contributed by atoms with Crippen molar-refractivity contribution in [2.45, 2.75) is 31.7 Å². The average Bonchev–Trinajstić information content (AvgIpc) is 3.44. The first kappa shape index (κ1) is 17.4. The lowest BCUT2D eigenvalue weighted by Crippen LogP contribution is -2.51. The molecule has 5 heteroatoms. The van der Waals surface area contributed by atoms with Crippen molar-refractivity contribution in [2.24, 2.45) is 0 Å². The van der Waals surface area contributed by atoms with Crippen LogP contribution in [0, 0.1) is 0 Å². The maximum absolute atomic E-state index is 13.1. The fourth-order valence-electron chi connectivity index (χ4n) is 4.61. The Kier molecular flexibility index (Phi) is 4.61. The molecule has 28 heavy (non-hydrogen) atoms. The smallest absolute Gasteiger partial charge is 0.253 e. The highest BCUT2D eigenvalue weighted by atomic mass is 16.5. The highest BCUT2D eigenvalue weighted by Gasteiger charge is 2.28. The lowest BCUT2D eigenvalue weighted by Gasteiger charge is -2.38. The summed E-state index contributed by atoms with van der Waals surface area (Å²) in [6.07, 6.45) is 5.35. The normalized spacial score (nSPS) is 18.8. The Bertz CT molecular complexity index is 968. The molecule has 1 aromatic heterocycles. The van der Waals surface area contributed by atoms with Crippen LogP contribution < -0.4 is 0 Å². The molecule has 144 valence electrons. The highest BCUT2D eigenvalue weighted by Crippen LogP contribution is 2.30. The molecule has 1 aliphatic heterocycles. The number of amides is 1. The van der Waals surface area contributed by atoms with Gasteiger partial charge in [0.25, 0.3) is 5.91 Å². The standard InChI is InChI=1S/C23H25N3O2/c27-23(26-14-12-25(13-15-26)19-8-4-5-9-19)18-10-11-21-20(16-18)22(28-24-21)17-6-2-1-3-7-17/h1-3,6-7,10-11,16,19H,4-5,8-9,12-15H2. The van der Waals surface area contributed by atoms with E-state index < -0.39 is 0 Å². The molecule has 5 rings (SSSR count). The molecule has 1 saturated carbocycles. The number of aromatic nitrogens is 1. The van der Waals surface area contributed by atoms with Gasteiger partial charge in [-0.1, -0.05) is 48.3 Å². The Morgan fingerprint density at radius 3 is 2.46 bits per heavy atom. The van der Waals surface area contributed by atoms with Crippen LogP contribution >= 0.6 is 0 Å². The number of carbonyl (C=O) groups is 1. The summed E-state index contributed by atoms with van der Waals surface area (Å²) in [5.41, 5.74) is 2.46. The molecule has 0 bridgehead atoms. The second-order valence-electron chi connectivity index (χ2n) is 7.88. The molecule has 5 nitrogen and oxygen atoms in total. The molecule has 2 aromatic carbocycles. The van der Waals surface area contributed by atoms with Crippen LogP contribution in [0.2, 0.25) is 0 Å². The Morgan fingerprint density at radius 1 is 0.964 bits per heavy atom. The minimum absolute atomic E-state index is 0.105. The summed E-state index contributed by atoms with van der Waals surface area (Å²) in [5, 5.41) is 5.05. The van der Waals surface area contributed by atoms with Crippen molar-refractivity contribution in [1.29, 1.82) is 0 Å². The van der Waals surface area contributed by atoms with Gasteiger partial charge in [0.05, 0.1) is 5.39 Å². The first-order valence-electron chi connectivity index (χ1n) is 10.3. The van der Waals surface area contributed by atoms with E-state index in [0.717, 1.165) is 54.4 Å². The molecule has 1 saturated heterocycles. The Labute approximate surface area is 164 Å². The van der Waals surface area contributed by atoms with Crippen LogP contribution in [0.3, 0.4) is 0 Å². The van der Waals surface area contributed by atoms with Gasteiger partial charge in [0.1, 0.15) is 5.52 Å². The summed E-state index contributed by atoms with van der Waals surface area (Å²) in [6, 6.07) is 16.3. The molecule has 3 aromatic rings. The highest BCUT2D eigenvalue weighted by molar-refractivity contribution is 6.01. The Morgan fingerprint density at radius 2 is 1.71 bits per heavy atom. The van der Waals surface area contributed by atoms with Gasteiger partial charge in [0.15, 0.2) is 5.76 Å². The molecule has 0 atom stereocenters. The molecule has 1 amide bonds. The predicted molar refractivity (Wildman–Crippen MR) is 109 cm³/mol. The number of rotatable bonds is 3. The van der Waals surface area contributed by atoms with Crippen molar-refractivity contribution < 1.29 is 9.32 Å². The van der Waals surface area contributed by atoms with Crippen molar-refractivity contribution in [3.8, 4) is 11.3 Å². The minimum Gasteiger partial charge on any atom is -0.355 e. The van der Waals surface area contributed by atoms with Crippen LogP contribution in [0.1, 0.15) is 36.0 Å². The molecular weight excluding hydrogens is 350 g/mol. The summed E-state index contributed by atoms with van der Waals surface area (Å²) in [4.78, 5) is 17.7. The van der Waals surface area contributed by atoms with Crippen LogP contribution in [-0.2, 0) is 0 Å². The van der Waals surface area contributed by atoms with E-state index in [2.05, 4.69) is 10.1 Å². The van der Waals surface area contributed by atoms with Gasteiger partial charge in [-0.2, -0.15) is 0 Å². The van der Waals surface area contributed by atoms with E-state index in [1.165, 1.54) is 25.7 Å². The molecule has 0 N–H and O–H groups in total. The quantitative estimate of drug-likeness (QED) is 0.689. The molecule has 0 spiro atoms. The lowest BCUT2D eigenvalue weighted by atomic mass is 10.1. The maximum Gasteiger partial charge on any atom is 0.253 e. The molecule has 0 radical (unpaired) electrons. The number of piperazine rings is 1. The van der Waals surface area contributed by atoms with Crippen molar-refractivity contribution in [3.05, 3.63) is 54.1 Å². The van der Waals surface area contributed by atoms with E-state index in [0.29, 0.717) is 5.56 Å². The van der Waals surface area contributed by atoms with Crippen LogP contribution in [0.5, 0.6) is 0 Å². The average molecular weight is 375 g/mol. The van der Waals surface area contributed by atoms with Crippen LogP contribution in [0.4, 0.5) is 0 Å². The van der Waals surface area contributed by atoms with Crippen molar-refractivity contribution in [3.63, 3.8) is 0 Å². The zero-order valence-electron chi connectivity index (χ0n) is 16.0. The summed E-state index contributed by atoms with van der Waals surface area (Å²) in [6.45, 7) is 3.59. The van der Waals surface area contributed by atoms with Crippen molar-refractivity contribution in [1.82, 2.24) is 15.0 Å². The first-order valence-corrected chi connectivity index (χ1v) is 10.3. The first-order chi connectivity index (χ1) is 13.8. The third-order valence-corrected chi connectivity index (χ3v) is 6.20. The number of carbonyl (C=O) groups excluding carboxylic acids is 1. The van der Waals surface area contributed by atoms with Gasteiger partial charge >= 0.3 is 0 Å². The second kappa shape index (κ2) is 7.40. The number of fused-ring (bicyclic) bond motifs is 1. The summed E-state index contributed by atoms with van der Waals surface area (Å²) < 4.78 is 5.57. The van der Waals surface area contributed by atoms with E-state index in [9.17, 15) is 4.79 Å². The van der Waals surface area contributed by atoms with E-state index in [4.69, 9.17) is 4.52 Å². The van der Waals surface area contributed by atoms with Crippen LogP contribution in [-0.4, -0.2) is 53.1 Å². The van der Waals surface area contributed by atoms with Gasteiger partial charge < -0.3 is 9.42 Å². The summed E-state index contributed by atoms with van der Waals surface area (Å²) in [5.74, 6) is 0.824. The number of hydrogen-bond acceptors (Lipinski definition) is 4. The third-order valence-electron chi connectivity index (χ3n) is 6.20. The van der Waals surface area contributed by atoms with Gasteiger partial charge in [-0.3, -0.25) is 9.69 Å². The minimum atomic E-state index is 0.105. The predicted octanol–water partition coefficient (Wildman–Crippen LogP) is 4.20. The van der Waals surface area contributed by atoms with E-state index >= 15 is 0 Å².